The van der Waals surface area contributed by atoms with E-state index in [1.165, 1.54) is 12.1 Å². The predicted octanol–water partition coefficient (Wildman–Crippen LogP) is 2.59. The molecule has 1 heterocycles. The summed E-state index contributed by atoms with van der Waals surface area (Å²) in [7, 11) is 0. The molecule has 0 aliphatic rings. The highest BCUT2D eigenvalue weighted by molar-refractivity contribution is 8.00. The fraction of sp³-hybridized carbons (Fsp3) is 0.308. The summed E-state index contributed by atoms with van der Waals surface area (Å²) in [5.41, 5.74) is 0.248. The third-order valence-corrected chi connectivity index (χ3v) is 3.30. The van der Waals surface area contributed by atoms with Crippen LogP contribution in [0.4, 0.5) is 8.78 Å². The summed E-state index contributed by atoms with van der Waals surface area (Å²) >= 11 is 0.963. The molecule has 0 radical (unpaired) electrons. The molecule has 0 unspecified atom stereocenters. The zero-order valence-electron chi connectivity index (χ0n) is 10.8. The SMILES string of the molecule is C=CCNC(=O)CSc1nc(C(F)F)cc(C)c1C#N. The van der Waals surface area contributed by atoms with E-state index >= 15 is 0 Å². The Hall–Kier alpha value is -1.94. The van der Waals surface area contributed by atoms with E-state index in [2.05, 4.69) is 16.9 Å². The number of carbonyl (C=O) groups is 1. The van der Waals surface area contributed by atoms with E-state index in [9.17, 15) is 13.6 Å². The van der Waals surface area contributed by atoms with E-state index in [4.69, 9.17) is 5.26 Å². The number of rotatable bonds is 6. The maximum absolute atomic E-state index is 12.7. The lowest BCUT2D eigenvalue weighted by molar-refractivity contribution is -0.118. The third-order valence-electron chi connectivity index (χ3n) is 2.32. The molecule has 7 heteroatoms. The van der Waals surface area contributed by atoms with Crippen LogP contribution in [0.5, 0.6) is 0 Å². The lowest BCUT2D eigenvalue weighted by Crippen LogP contribution is -2.25. The van der Waals surface area contributed by atoms with Crippen LogP contribution >= 0.6 is 11.8 Å². The van der Waals surface area contributed by atoms with Gasteiger partial charge in [-0.25, -0.2) is 13.8 Å². The van der Waals surface area contributed by atoms with Crippen molar-refractivity contribution in [1.29, 1.82) is 5.26 Å². The minimum absolute atomic E-state index is 0.00164. The van der Waals surface area contributed by atoms with Gasteiger partial charge in [-0.2, -0.15) is 5.26 Å². The number of halogens is 2. The van der Waals surface area contributed by atoms with Crippen LogP contribution in [0.1, 0.15) is 23.2 Å². The van der Waals surface area contributed by atoms with Crippen molar-refractivity contribution < 1.29 is 13.6 Å². The smallest absolute Gasteiger partial charge is 0.280 e. The summed E-state index contributed by atoms with van der Waals surface area (Å²) in [6.45, 7) is 5.35. The second kappa shape index (κ2) is 7.60. The maximum atomic E-state index is 12.7. The normalized spacial score (nSPS) is 10.2. The van der Waals surface area contributed by atoms with Crippen molar-refractivity contribution in [3.05, 3.63) is 35.5 Å². The van der Waals surface area contributed by atoms with Gasteiger partial charge in [-0.15, -0.1) is 6.58 Å². The van der Waals surface area contributed by atoms with Crippen molar-refractivity contribution >= 4 is 17.7 Å². The van der Waals surface area contributed by atoms with Crippen LogP contribution in [0.2, 0.25) is 0 Å². The van der Waals surface area contributed by atoms with E-state index in [0.717, 1.165) is 11.8 Å². The van der Waals surface area contributed by atoms with E-state index < -0.39 is 12.1 Å². The molecule has 1 amide bonds. The zero-order valence-corrected chi connectivity index (χ0v) is 11.6. The molecule has 0 aromatic carbocycles. The minimum Gasteiger partial charge on any atom is -0.352 e. The van der Waals surface area contributed by atoms with Crippen molar-refractivity contribution in [3.63, 3.8) is 0 Å². The first-order chi connectivity index (χ1) is 9.49. The Labute approximate surface area is 119 Å². The monoisotopic (exact) mass is 297 g/mol. The van der Waals surface area contributed by atoms with E-state index in [0.29, 0.717) is 12.1 Å². The molecule has 0 atom stereocenters. The van der Waals surface area contributed by atoms with Gasteiger partial charge in [0.25, 0.3) is 6.43 Å². The van der Waals surface area contributed by atoms with Crippen LogP contribution in [0, 0.1) is 18.3 Å². The van der Waals surface area contributed by atoms with Crippen molar-refractivity contribution in [3.8, 4) is 6.07 Å². The number of hydrogen-bond acceptors (Lipinski definition) is 4. The van der Waals surface area contributed by atoms with Gasteiger partial charge in [0, 0.05) is 6.54 Å². The van der Waals surface area contributed by atoms with Crippen molar-refractivity contribution in [2.24, 2.45) is 0 Å². The number of hydrogen-bond donors (Lipinski definition) is 1. The number of thioether (sulfide) groups is 1. The van der Waals surface area contributed by atoms with Crippen LogP contribution < -0.4 is 5.32 Å². The molecule has 0 fully saturated rings. The topological polar surface area (TPSA) is 65.8 Å². The lowest BCUT2D eigenvalue weighted by atomic mass is 10.1. The van der Waals surface area contributed by atoms with Gasteiger partial charge in [0.15, 0.2) is 0 Å². The highest BCUT2D eigenvalue weighted by Crippen LogP contribution is 2.27. The van der Waals surface area contributed by atoms with Crippen molar-refractivity contribution in [2.75, 3.05) is 12.3 Å². The largest absolute Gasteiger partial charge is 0.352 e. The first-order valence-electron chi connectivity index (χ1n) is 5.69. The summed E-state index contributed by atoms with van der Waals surface area (Å²) in [4.78, 5) is 15.2. The van der Waals surface area contributed by atoms with Crippen LogP contribution in [0.15, 0.2) is 23.7 Å². The van der Waals surface area contributed by atoms with Crippen LogP contribution in [0.3, 0.4) is 0 Å². The molecule has 1 aromatic rings. The quantitative estimate of drug-likeness (QED) is 0.647. The van der Waals surface area contributed by atoms with Gasteiger partial charge in [-0.3, -0.25) is 4.79 Å². The fourth-order valence-electron chi connectivity index (χ4n) is 1.39. The van der Waals surface area contributed by atoms with Crippen molar-refractivity contribution in [1.82, 2.24) is 10.3 Å². The minimum atomic E-state index is -2.71. The summed E-state index contributed by atoms with van der Waals surface area (Å²) in [6, 6.07) is 3.11. The molecule has 106 valence electrons. The Morgan fingerprint density at radius 2 is 2.40 bits per heavy atom. The summed E-state index contributed by atoms with van der Waals surface area (Å²) < 4.78 is 25.4. The second-order valence-electron chi connectivity index (χ2n) is 3.84. The Morgan fingerprint density at radius 3 is 2.95 bits per heavy atom. The van der Waals surface area contributed by atoms with E-state index in [1.54, 1.807) is 6.92 Å². The molecular weight excluding hydrogens is 284 g/mol. The predicted molar refractivity (Wildman–Crippen MR) is 72.6 cm³/mol. The van der Waals surface area contributed by atoms with E-state index in [-0.39, 0.29) is 22.2 Å². The van der Waals surface area contributed by atoms with Crippen molar-refractivity contribution in [2.45, 2.75) is 18.4 Å². The van der Waals surface area contributed by atoms with Crippen LogP contribution in [-0.2, 0) is 4.79 Å². The molecule has 0 bridgehead atoms. The first-order valence-corrected chi connectivity index (χ1v) is 6.68. The van der Waals surface area contributed by atoms with Gasteiger partial charge >= 0.3 is 0 Å². The molecule has 0 aliphatic heterocycles. The lowest BCUT2D eigenvalue weighted by Gasteiger charge is -2.08. The number of amides is 1. The zero-order chi connectivity index (χ0) is 15.1. The molecule has 20 heavy (non-hydrogen) atoms. The van der Waals surface area contributed by atoms with Gasteiger partial charge in [0.1, 0.15) is 16.8 Å². The maximum Gasteiger partial charge on any atom is 0.280 e. The Balaban J connectivity index is 2.90. The second-order valence-corrected chi connectivity index (χ2v) is 4.80. The summed E-state index contributed by atoms with van der Waals surface area (Å²) in [5.74, 6) is -0.275. The summed E-state index contributed by atoms with van der Waals surface area (Å²) in [6.07, 6.45) is -1.18. The average molecular weight is 297 g/mol. The van der Waals surface area contributed by atoms with Crippen LogP contribution in [0.25, 0.3) is 0 Å². The number of nitrogens with one attached hydrogen (secondary N) is 1. The Kier molecular flexibility index (Phi) is 6.12. The standard InChI is InChI=1S/C13H13F2N3OS/c1-3-4-17-11(19)7-20-13-9(6-16)8(2)5-10(18-13)12(14)15/h3,5,12H,1,4,7H2,2H3,(H,17,19). The number of aromatic nitrogens is 1. The number of aryl methyl sites for hydroxylation is 1. The molecule has 1 aromatic heterocycles. The molecule has 1 rings (SSSR count). The fourth-order valence-corrected chi connectivity index (χ4v) is 2.28. The highest BCUT2D eigenvalue weighted by Gasteiger charge is 2.16. The molecule has 0 aliphatic carbocycles. The van der Waals surface area contributed by atoms with Gasteiger partial charge in [0.2, 0.25) is 5.91 Å². The first kappa shape index (κ1) is 16.1. The van der Waals surface area contributed by atoms with Crippen LogP contribution in [-0.4, -0.2) is 23.2 Å². The number of nitriles is 1. The number of nitrogens with zero attached hydrogens (tertiary/aromatic N) is 2. The average Bonchev–Trinajstić information content (AvgIpc) is 2.42. The number of carbonyl (C=O) groups excluding carboxylic acids is 1. The molecule has 0 spiro atoms. The van der Waals surface area contributed by atoms with Gasteiger partial charge in [-0.05, 0) is 18.6 Å². The molecule has 0 saturated heterocycles. The molecule has 1 N–H and O–H groups in total. The van der Waals surface area contributed by atoms with E-state index in [1.807, 2.05) is 6.07 Å². The third kappa shape index (κ3) is 4.31. The molecule has 4 nitrogen and oxygen atoms in total. The number of alkyl halides is 2. The Morgan fingerprint density at radius 1 is 1.70 bits per heavy atom. The Bertz CT molecular complexity index is 555. The summed E-state index contributed by atoms with van der Waals surface area (Å²) in [5, 5.41) is 11.7. The molecule has 0 saturated carbocycles. The van der Waals surface area contributed by atoms with Gasteiger partial charge in [0.05, 0.1) is 11.3 Å². The molecular formula is C13H13F2N3OS. The number of pyridine rings is 1. The van der Waals surface area contributed by atoms with Gasteiger partial charge in [-0.1, -0.05) is 17.8 Å². The van der Waals surface area contributed by atoms with Gasteiger partial charge < -0.3 is 5.32 Å². The highest BCUT2D eigenvalue weighted by atomic mass is 32.2.